The van der Waals surface area contributed by atoms with Crippen LogP contribution in [0.1, 0.15) is 32.3 Å². The van der Waals surface area contributed by atoms with E-state index < -0.39 is 0 Å². The van der Waals surface area contributed by atoms with Crippen molar-refractivity contribution in [2.45, 2.75) is 44.9 Å². The van der Waals surface area contributed by atoms with E-state index in [1.54, 1.807) is 7.11 Å². The van der Waals surface area contributed by atoms with E-state index in [1.165, 1.54) is 24.1 Å². The zero-order valence-corrected chi connectivity index (χ0v) is 12.9. The number of methoxy groups -OCH3 is 1. The third kappa shape index (κ3) is 2.70. The number of benzene rings is 1. The van der Waals surface area contributed by atoms with Crippen molar-refractivity contribution in [3.63, 3.8) is 0 Å². The SMILES string of the molecule is COCc1cccc(N2CC(C)(C3CC3)NCC2C)c1. The van der Waals surface area contributed by atoms with Gasteiger partial charge >= 0.3 is 0 Å². The Kier molecular flexibility index (Phi) is 3.74. The monoisotopic (exact) mass is 274 g/mol. The molecule has 1 aliphatic carbocycles. The van der Waals surface area contributed by atoms with Crippen molar-refractivity contribution in [3.8, 4) is 0 Å². The first-order valence-corrected chi connectivity index (χ1v) is 7.72. The number of hydrogen-bond donors (Lipinski definition) is 1. The van der Waals surface area contributed by atoms with Crippen molar-refractivity contribution in [3.05, 3.63) is 29.8 Å². The molecule has 0 spiro atoms. The topological polar surface area (TPSA) is 24.5 Å². The fraction of sp³-hybridized carbons (Fsp3) is 0.647. The second-order valence-electron chi connectivity index (χ2n) is 6.65. The molecule has 3 heteroatoms. The molecule has 20 heavy (non-hydrogen) atoms. The Morgan fingerprint density at radius 1 is 1.40 bits per heavy atom. The standard InChI is InChI=1S/C17H26N2O/c1-13-10-18-17(2,15-7-8-15)12-19(13)16-6-4-5-14(9-16)11-20-3/h4-6,9,13,15,18H,7-8,10-12H2,1-3H3. The van der Waals surface area contributed by atoms with Gasteiger partial charge in [-0.05, 0) is 50.3 Å². The molecule has 0 amide bonds. The van der Waals surface area contributed by atoms with Gasteiger partial charge in [0.05, 0.1) is 6.61 Å². The van der Waals surface area contributed by atoms with Crippen LogP contribution in [0.15, 0.2) is 24.3 Å². The summed E-state index contributed by atoms with van der Waals surface area (Å²) >= 11 is 0. The molecule has 110 valence electrons. The number of nitrogens with one attached hydrogen (secondary N) is 1. The maximum Gasteiger partial charge on any atom is 0.0713 e. The van der Waals surface area contributed by atoms with E-state index in [4.69, 9.17) is 4.74 Å². The van der Waals surface area contributed by atoms with Crippen molar-refractivity contribution in [2.24, 2.45) is 5.92 Å². The predicted molar refractivity (Wildman–Crippen MR) is 83.1 cm³/mol. The predicted octanol–water partition coefficient (Wildman–Crippen LogP) is 2.80. The van der Waals surface area contributed by atoms with E-state index in [9.17, 15) is 0 Å². The molecule has 1 saturated carbocycles. The molecule has 3 nitrogen and oxygen atoms in total. The molecule has 3 rings (SSSR count). The fourth-order valence-electron chi connectivity index (χ4n) is 3.39. The van der Waals surface area contributed by atoms with Gasteiger partial charge in [0.25, 0.3) is 0 Å². The van der Waals surface area contributed by atoms with Gasteiger partial charge in [0.2, 0.25) is 0 Å². The van der Waals surface area contributed by atoms with E-state index in [1.807, 2.05) is 0 Å². The molecule has 1 aromatic carbocycles. The quantitative estimate of drug-likeness (QED) is 0.913. The molecular weight excluding hydrogens is 248 g/mol. The second-order valence-corrected chi connectivity index (χ2v) is 6.65. The summed E-state index contributed by atoms with van der Waals surface area (Å²) in [6, 6.07) is 9.33. The zero-order chi connectivity index (χ0) is 14.2. The Morgan fingerprint density at radius 2 is 2.20 bits per heavy atom. The van der Waals surface area contributed by atoms with Gasteiger partial charge in [-0.3, -0.25) is 0 Å². The molecule has 1 N–H and O–H groups in total. The van der Waals surface area contributed by atoms with Gasteiger partial charge in [-0.25, -0.2) is 0 Å². The summed E-state index contributed by atoms with van der Waals surface area (Å²) in [4.78, 5) is 2.56. The minimum Gasteiger partial charge on any atom is -0.380 e. The molecule has 1 aliphatic heterocycles. The number of nitrogens with zero attached hydrogens (tertiary/aromatic N) is 1. The Bertz CT molecular complexity index is 472. The summed E-state index contributed by atoms with van der Waals surface area (Å²) in [6.45, 7) is 7.57. The van der Waals surface area contributed by atoms with Crippen LogP contribution in [0.25, 0.3) is 0 Å². The molecule has 2 aliphatic rings. The smallest absolute Gasteiger partial charge is 0.0713 e. The molecular formula is C17H26N2O. The Balaban J connectivity index is 1.81. The van der Waals surface area contributed by atoms with Crippen LogP contribution in [-0.2, 0) is 11.3 Å². The van der Waals surface area contributed by atoms with E-state index in [0.29, 0.717) is 12.6 Å². The maximum atomic E-state index is 5.26. The van der Waals surface area contributed by atoms with Crippen LogP contribution in [0.5, 0.6) is 0 Å². The molecule has 1 heterocycles. The first-order chi connectivity index (χ1) is 9.62. The highest BCUT2D eigenvalue weighted by atomic mass is 16.5. The Morgan fingerprint density at radius 3 is 2.90 bits per heavy atom. The second kappa shape index (κ2) is 5.38. The first-order valence-electron chi connectivity index (χ1n) is 7.72. The van der Waals surface area contributed by atoms with Gasteiger partial charge < -0.3 is 15.0 Å². The van der Waals surface area contributed by atoms with Crippen LogP contribution < -0.4 is 10.2 Å². The summed E-state index contributed by atoms with van der Waals surface area (Å²) in [5.74, 6) is 0.861. The minimum atomic E-state index is 0.282. The van der Waals surface area contributed by atoms with Crippen LogP contribution in [0.4, 0.5) is 5.69 Å². The first kappa shape index (κ1) is 13.9. The van der Waals surface area contributed by atoms with E-state index in [0.717, 1.165) is 19.0 Å². The summed E-state index contributed by atoms with van der Waals surface area (Å²) in [6.07, 6.45) is 2.77. The zero-order valence-electron chi connectivity index (χ0n) is 12.9. The van der Waals surface area contributed by atoms with Gasteiger partial charge in [0.1, 0.15) is 0 Å². The van der Waals surface area contributed by atoms with Crippen molar-refractivity contribution < 1.29 is 4.74 Å². The average molecular weight is 274 g/mol. The number of anilines is 1. The van der Waals surface area contributed by atoms with Crippen LogP contribution in [0, 0.1) is 5.92 Å². The highest BCUT2D eigenvalue weighted by Crippen LogP contribution is 2.42. The Labute approximate surface area is 122 Å². The van der Waals surface area contributed by atoms with Gasteiger partial charge in [0.15, 0.2) is 0 Å². The number of piperazine rings is 1. The molecule has 2 unspecified atom stereocenters. The highest BCUT2D eigenvalue weighted by molar-refractivity contribution is 5.50. The molecule has 2 fully saturated rings. The molecule has 0 radical (unpaired) electrons. The minimum absolute atomic E-state index is 0.282. The van der Waals surface area contributed by atoms with Gasteiger partial charge in [-0.1, -0.05) is 12.1 Å². The number of ether oxygens (including phenoxy) is 1. The third-order valence-electron chi connectivity index (χ3n) is 4.86. The fourth-order valence-corrected chi connectivity index (χ4v) is 3.39. The van der Waals surface area contributed by atoms with Crippen LogP contribution in [0.2, 0.25) is 0 Å². The molecule has 0 bridgehead atoms. The summed E-state index contributed by atoms with van der Waals surface area (Å²) in [5, 5.41) is 3.78. The lowest BCUT2D eigenvalue weighted by atomic mass is 9.90. The molecule has 1 saturated heterocycles. The molecule has 2 atom stereocenters. The van der Waals surface area contributed by atoms with Crippen molar-refractivity contribution >= 4 is 5.69 Å². The number of hydrogen-bond acceptors (Lipinski definition) is 3. The average Bonchev–Trinajstić information content (AvgIpc) is 3.27. The van der Waals surface area contributed by atoms with Crippen molar-refractivity contribution in [1.82, 2.24) is 5.32 Å². The van der Waals surface area contributed by atoms with Crippen molar-refractivity contribution in [2.75, 3.05) is 25.1 Å². The largest absolute Gasteiger partial charge is 0.380 e. The summed E-state index contributed by atoms with van der Waals surface area (Å²) < 4.78 is 5.26. The summed E-state index contributed by atoms with van der Waals surface area (Å²) in [7, 11) is 1.75. The Hall–Kier alpha value is -1.06. The number of rotatable bonds is 4. The molecule has 0 aromatic heterocycles. The normalized spacial score (nSPS) is 30.6. The van der Waals surface area contributed by atoms with Crippen LogP contribution >= 0.6 is 0 Å². The van der Waals surface area contributed by atoms with E-state index in [-0.39, 0.29) is 5.54 Å². The summed E-state index contributed by atoms with van der Waals surface area (Å²) in [5.41, 5.74) is 2.87. The van der Waals surface area contributed by atoms with Gasteiger partial charge in [0, 0.05) is 37.5 Å². The van der Waals surface area contributed by atoms with Crippen LogP contribution in [-0.4, -0.2) is 31.8 Å². The molecule has 1 aromatic rings. The lowest BCUT2D eigenvalue weighted by molar-refractivity contribution is 0.185. The van der Waals surface area contributed by atoms with Crippen LogP contribution in [0.3, 0.4) is 0 Å². The van der Waals surface area contributed by atoms with Gasteiger partial charge in [-0.2, -0.15) is 0 Å². The highest BCUT2D eigenvalue weighted by Gasteiger charge is 2.45. The van der Waals surface area contributed by atoms with E-state index in [2.05, 4.69) is 48.3 Å². The lowest BCUT2D eigenvalue weighted by Gasteiger charge is -2.47. The lowest BCUT2D eigenvalue weighted by Crippen LogP contribution is -2.63. The van der Waals surface area contributed by atoms with E-state index >= 15 is 0 Å². The maximum absolute atomic E-state index is 5.26. The third-order valence-corrected chi connectivity index (χ3v) is 4.86. The van der Waals surface area contributed by atoms with Gasteiger partial charge in [-0.15, -0.1) is 0 Å². The van der Waals surface area contributed by atoms with Crippen molar-refractivity contribution in [1.29, 1.82) is 0 Å².